The third-order valence-electron chi connectivity index (χ3n) is 2.18. The van der Waals surface area contributed by atoms with Crippen LogP contribution in [0.4, 0.5) is 0 Å². The van der Waals surface area contributed by atoms with Crippen molar-refractivity contribution in [3.63, 3.8) is 0 Å². The molecule has 0 saturated carbocycles. The maximum absolute atomic E-state index is 5.08. The molecule has 0 atom stereocenters. The van der Waals surface area contributed by atoms with Crippen molar-refractivity contribution < 1.29 is 4.74 Å². The van der Waals surface area contributed by atoms with E-state index in [0.29, 0.717) is 0 Å². The highest BCUT2D eigenvalue weighted by Crippen LogP contribution is 1.99. The van der Waals surface area contributed by atoms with Crippen molar-refractivity contribution in [2.45, 2.75) is 39.5 Å². The van der Waals surface area contributed by atoms with Crippen LogP contribution in [0.2, 0.25) is 0 Å². The molecule has 0 unspecified atom stereocenters. The fraction of sp³-hybridized carbons (Fsp3) is 0.833. The molecular weight excluding hydrogens is 174 g/mol. The van der Waals surface area contributed by atoms with Crippen LogP contribution in [0.3, 0.4) is 0 Å². The lowest BCUT2D eigenvalue weighted by atomic mass is 10.2. The van der Waals surface area contributed by atoms with Crippen LogP contribution in [0.5, 0.6) is 0 Å². The van der Waals surface area contributed by atoms with Crippen molar-refractivity contribution in [1.82, 2.24) is 4.90 Å². The summed E-state index contributed by atoms with van der Waals surface area (Å²) in [4.78, 5) is 2.54. The third-order valence-corrected chi connectivity index (χ3v) is 2.18. The second-order valence-electron chi connectivity index (χ2n) is 3.59. The first-order chi connectivity index (χ1) is 6.85. The Hall–Kier alpha value is -0.500. The van der Waals surface area contributed by atoms with Gasteiger partial charge in [-0.05, 0) is 45.3 Å². The molecule has 0 N–H and O–H groups in total. The summed E-state index contributed by atoms with van der Waals surface area (Å²) < 4.78 is 5.08. The number of rotatable bonds is 10. The topological polar surface area (TPSA) is 12.5 Å². The highest BCUT2D eigenvalue weighted by molar-refractivity contribution is 4.57. The minimum absolute atomic E-state index is 0.815. The van der Waals surface area contributed by atoms with Gasteiger partial charge in [0.2, 0.25) is 0 Å². The first kappa shape index (κ1) is 13.5. The van der Waals surface area contributed by atoms with Crippen LogP contribution in [0.15, 0.2) is 12.8 Å². The lowest BCUT2D eigenvalue weighted by Gasteiger charge is -2.20. The lowest BCUT2D eigenvalue weighted by Crippen LogP contribution is -2.26. The molecule has 0 aliphatic rings. The van der Waals surface area contributed by atoms with Gasteiger partial charge in [0.1, 0.15) is 0 Å². The average Bonchev–Trinajstić information content (AvgIpc) is 2.18. The number of nitrogens with zero attached hydrogens (tertiary/aromatic N) is 1. The summed E-state index contributed by atoms with van der Waals surface area (Å²) in [6.07, 6.45) is 6.39. The molecule has 84 valence electrons. The zero-order valence-electron chi connectivity index (χ0n) is 9.80. The van der Waals surface area contributed by atoms with Crippen molar-refractivity contribution in [3.05, 3.63) is 12.8 Å². The van der Waals surface area contributed by atoms with E-state index < -0.39 is 0 Å². The van der Waals surface area contributed by atoms with Gasteiger partial charge in [0, 0.05) is 0 Å². The number of unbranched alkanes of at least 4 members (excludes halogenated alkanes) is 1. The van der Waals surface area contributed by atoms with E-state index in [2.05, 4.69) is 25.3 Å². The molecule has 0 aromatic rings. The van der Waals surface area contributed by atoms with Crippen molar-refractivity contribution in [1.29, 1.82) is 0 Å². The van der Waals surface area contributed by atoms with Gasteiger partial charge < -0.3 is 9.64 Å². The molecule has 0 aliphatic heterocycles. The Balaban J connectivity index is 3.34. The lowest BCUT2D eigenvalue weighted by molar-refractivity contribution is 0.222. The summed E-state index contributed by atoms with van der Waals surface area (Å²) >= 11 is 0. The number of ether oxygens (including phenoxy) is 1. The Morgan fingerprint density at radius 3 is 2.21 bits per heavy atom. The van der Waals surface area contributed by atoms with Gasteiger partial charge in [0.25, 0.3) is 0 Å². The summed E-state index contributed by atoms with van der Waals surface area (Å²) in [6, 6.07) is 0. The molecule has 14 heavy (non-hydrogen) atoms. The van der Waals surface area contributed by atoms with Crippen LogP contribution in [-0.2, 0) is 4.74 Å². The molecule has 2 nitrogen and oxygen atoms in total. The van der Waals surface area contributed by atoms with Gasteiger partial charge >= 0.3 is 0 Å². The quantitative estimate of drug-likeness (QED) is 0.396. The molecular formula is C12H25NO. The van der Waals surface area contributed by atoms with Gasteiger partial charge in [-0.2, -0.15) is 0 Å². The van der Waals surface area contributed by atoms with Gasteiger partial charge in [-0.25, -0.2) is 0 Å². The maximum Gasteiger partial charge on any atom is 0.0873 e. The molecule has 0 aromatic heterocycles. The number of hydrogen-bond acceptors (Lipinski definition) is 2. The second kappa shape index (κ2) is 10.6. The van der Waals surface area contributed by atoms with E-state index >= 15 is 0 Å². The van der Waals surface area contributed by atoms with Crippen LogP contribution in [-0.4, -0.2) is 31.1 Å². The normalized spacial score (nSPS) is 10.5. The molecule has 0 aliphatic carbocycles. The minimum Gasteiger partial charge on any atom is -0.502 e. The van der Waals surface area contributed by atoms with E-state index in [1.54, 1.807) is 0 Å². The predicted molar refractivity (Wildman–Crippen MR) is 62.4 cm³/mol. The van der Waals surface area contributed by atoms with Crippen LogP contribution in [0.1, 0.15) is 39.5 Å². The fourth-order valence-electron chi connectivity index (χ4n) is 1.57. The zero-order chi connectivity index (χ0) is 10.6. The van der Waals surface area contributed by atoms with Gasteiger partial charge in [0.05, 0.1) is 12.9 Å². The Morgan fingerprint density at radius 2 is 1.71 bits per heavy atom. The van der Waals surface area contributed by atoms with Crippen molar-refractivity contribution in [3.8, 4) is 0 Å². The van der Waals surface area contributed by atoms with E-state index in [9.17, 15) is 0 Å². The highest BCUT2D eigenvalue weighted by Gasteiger charge is 2.01. The molecule has 0 rings (SSSR count). The van der Waals surface area contributed by atoms with Gasteiger partial charge in [0.15, 0.2) is 0 Å². The molecule has 0 radical (unpaired) electrons. The summed E-state index contributed by atoms with van der Waals surface area (Å²) in [5, 5.41) is 0. The Bertz CT molecular complexity index is 119. The first-order valence-electron chi connectivity index (χ1n) is 5.80. The molecule has 0 amide bonds. The molecule has 2 heteroatoms. The van der Waals surface area contributed by atoms with E-state index in [-0.39, 0.29) is 0 Å². The summed E-state index contributed by atoms with van der Waals surface area (Å²) in [6.45, 7) is 12.5. The third kappa shape index (κ3) is 8.11. The Labute approximate surface area is 88.9 Å². The van der Waals surface area contributed by atoms with Gasteiger partial charge in [-0.3, -0.25) is 0 Å². The van der Waals surface area contributed by atoms with Crippen molar-refractivity contribution in [2.75, 3.05) is 26.2 Å². The van der Waals surface area contributed by atoms with Gasteiger partial charge in [-0.15, -0.1) is 0 Å². The summed E-state index contributed by atoms with van der Waals surface area (Å²) in [5.41, 5.74) is 0. The first-order valence-corrected chi connectivity index (χ1v) is 5.80. The second-order valence-corrected chi connectivity index (χ2v) is 3.59. The number of hydrogen-bond donors (Lipinski definition) is 0. The van der Waals surface area contributed by atoms with Crippen molar-refractivity contribution >= 4 is 0 Å². The predicted octanol–water partition coefficient (Wildman–Crippen LogP) is 3.05. The molecule has 0 heterocycles. The molecule has 0 aromatic carbocycles. The fourth-order valence-corrected chi connectivity index (χ4v) is 1.57. The standard InChI is InChI=1S/C12H25NO/c1-4-9-13(10-5-2)11-7-8-12-14-6-3/h6H,3-5,7-12H2,1-2H3. The summed E-state index contributed by atoms with van der Waals surface area (Å²) in [7, 11) is 0. The SMILES string of the molecule is C=COCCCCN(CCC)CCC. The molecule has 0 bridgehead atoms. The summed E-state index contributed by atoms with van der Waals surface area (Å²) in [5.74, 6) is 0. The van der Waals surface area contributed by atoms with Crippen LogP contribution in [0, 0.1) is 0 Å². The van der Waals surface area contributed by atoms with E-state index in [1.807, 2.05) is 0 Å². The van der Waals surface area contributed by atoms with Crippen LogP contribution >= 0.6 is 0 Å². The monoisotopic (exact) mass is 199 g/mol. The Morgan fingerprint density at radius 1 is 1.07 bits per heavy atom. The average molecular weight is 199 g/mol. The Kier molecular flexibility index (Phi) is 10.2. The van der Waals surface area contributed by atoms with E-state index in [0.717, 1.165) is 13.0 Å². The van der Waals surface area contributed by atoms with Crippen molar-refractivity contribution in [2.24, 2.45) is 0 Å². The van der Waals surface area contributed by atoms with E-state index in [4.69, 9.17) is 4.74 Å². The smallest absolute Gasteiger partial charge is 0.0873 e. The zero-order valence-corrected chi connectivity index (χ0v) is 9.80. The van der Waals surface area contributed by atoms with Crippen LogP contribution in [0.25, 0.3) is 0 Å². The largest absolute Gasteiger partial charge is 0.502 e. The maximum atomic E-state index is 5.08. The van der Waals surface area contributed by atoms with E-state index in [1.165, 1.54) is 45.2 Å². The molecule has 0 spiro atoms. The van der Waals surface area contributed by atoms with Gasteiger partial charge in [-0.1, -0.05) is 20.4 Å². The molecule has 0 fully saturated rings. The minimum atomic E-state index is 0.815. The van der Waals surface area contributed by atoms with Crippen LogP contribution < -0.4 is 0 Å². The molecule has 0 saturated heterocycles. The highest BCUT2D eigenvalue weighted by atomic mass is 16.5.